The van der Waals surface area contributed by atoms with E-state index in [1.807, 2.05) is 44.2 Å². The molecule has 1 amide bonds. The molecule has 0 bridgehead atoms. The molecule has 1 fully saturated rings. The van der Waals surface area contributed by atoms with Crippen LogP contribution in [-0.4, -0.2) is 74.3 Å². The summed E-state index contributed by atoms with van der Waals surface area (Å²) in [4.78, 5) is 67.3. The first-order chi connectivity index (χ1) is 21.3. The first-order valence-corrected chi connectivity index (χ1v) is 14.8. The number of aromatic nitrogens is 2. The highest BCUT2D eigenvalue weighted by atomic mass is 19.3. The molecule has 1 aromatic carbocycles. The molecule has 0 aliphatic carbocycles. The third-order valence-electron chi connectivity index (χ3n) is 7.65. The number of nitrogens with two attached hydrogens (primary N) is 1. The van der Waals surface area contributed by atoms with Gasteiger partial charge in [-0.25, -0.2) is 4.79 Å². The highest BCUT2D eigenvalue weighted by Gasteiger charge is 2.59. The summed E-state index contributed by atoms with van der Waals surface area (Å²) in [5.41, 5.74) is 5.17. The van der Waals surface area contributed by atoms with Crippen molar-refractivity contribution in [1.29, 1.82) is 0 Å². The van der Waals surface area contributed by atoms with E-state index in [1.165, 1.54) is 0 Å². The summed E-state index contributed by atoms with van der Waals surface area (Å²) < 4.78 is 34.2. The van der Waals surface area contributed by atoms with Crippen molar-refractivity contribution < 1.29 is 42.9 Å². The van der Waals surface area contributed by atoms with E-state index in [-0.39, 0.29) is 61.3 Å². The maximum atomic E-state index is 14.4. The lowest BCUT2D eigenvalue weighted by atomic mass is 9.81. The van der Waals surface area contributed by atoms with Gasteiger partial charge in [-0.05, 0) is 30.4 Å². The van der Waals surface area contributed by atoms with Gasteiger partial charge >= 0.3 is 11.6 Å². The summed E-state index contributed by atoms with van der Waals surface area (Å²) in [6.45, 7) is 2.72. The third kappa shape index (κ3) is 9.63. The number of hydrogen-bond donors (Lipinski definition) is 4. The molecule has 2 aromatic rings. The Kier molecular flexibility index (Phi) is 12.7. The molecule has 0 saturated carbocycles. The number of amides is 1. The molecular formula is C31H40F2N4O8. The second kappa shape index (κ2) is 16.0. The molecule has 12 nitrogen and oxygen atoms in total. The molecule has 0 spiro atoms. The predicted octanol–water partition coefficient (Wildman–Crippen LogP) is 1.82. The van der Waals surface area contributed by atoms with Crippen LogP contribution in [0.2, 0.25) is 0 Å². The van der Waals surface area contributed by atoms with Crippen LogP contribution in [-0.2, 0) is 30.3 Å². The Hall–Kier alpha value is -3.72. The number of aliphatic hydroxyl groups is 2. The van der Waals surface area contributed by atoms with E-state index in [0.717, 1.165) is 17.8 Å². The van der Waals surface area contributed by atoms with Gasteiger partial charge in [0, 0.05) is 43.7 Å². The van der Waals surface area contributed by atoms with Crippen molar-refractivity contribution in [2.45, 2.75) is 76.7 Å². The molecule has 246 valence electrons. The number of rotatable bonds is 17. The Bertz CT molecular complexity index is 1400. The highest BCUT2D eigenvalue weighted by Crippen LogP contribution is 2.42. The fourth-order valence-electron chi connectivity index (χ4n) is 5.29. The van der Waals surface area contributed by atoms with E-state index in [0.29, 0.717) is 17.4 Å². The number of carbonyl (C=O) groups is 4. The van der Waals surface area contributed by atoms with Gasteiger partial charge in [-0.15, -0.1) is 0 Å². The van der Waals surface area contributed by atoms with E-state index in [4.69, 9.17) is 15.6 Å². The number of anilines is 1. The van der Waals surface area contributed by atoms with Gasteiger partial charge < -0.3 is 26.0 Å². The van der Waals surface area contributed by atoms with E-state index >= 15 is 0 Å². The van der Waals surface area contributed by atoms with Crippen molar-refractivity contribution in [2.24, 2.45) is 23.5 Å². The fourth-order valence-corrected chi connectivity index (χ4v) is 5.29. The van der Waals surface area contributed by atoms with Crippen molar-refractivity contribution in [3.8, 4) is 0 Å². The average Bonchev–Trinajstić information content (AvgIpc) is 3.22. The van der Waals surface area contributed by atoms with Crippen molar-refractivity contribution in [2.75, 3.05) is 18.5 Å². The second-order valence-corrected chi connectivity index (χ2v) is 11.7. The van der Waals surface area contributed by atoms with Crippen LogP contribution in [0.25, 0.3) is 0 Å². The number of benzene rings is 1. The van der Waals surface area contributed by atoms with Crippen molar-refractivity contribution in [3.05, 3.63) is 58.6 Å². The fraction of sp³-hybridized carbons (Fsp3) is 0.548. The van der Waals surface area contributed by atoms with Gasteiger partial charge in [0.05, 0.1) is 13.2 Å². The molecule has 1 aliphatic heterocycles. The van der Waals surface area contributed by atoms with E-state index in [1.54, 1.807) is 0 Å². The molecule has 5 N–H and O–H groups in total. The van der Waals surface area contributed by atoms with Crippen molar-refractivity contribution in [3.63, 3.8) is 0 Å². The zero-order valence-corrected chi connectivity index (χ0v) is 25.2. The number of hydrogen-bond acceptors (Lipinski definition) is 10. The minimum absolute atomic E-state index is 0.0336. The van der Waals surface area contributed by atoms with Crippen LogP contribution in [0.4, 0.5) is 14.6 Å². The van der Waals surface area contributed by atoms with Crippen LogP contribution in [0.15, 0.2) is 47.4 Å². The summed E-state index contributed by atoms with van der Waals surface area (Å²) in [5.74, 6) is -6.86. The number of ketones is 3. The Morgan fingerprint density at radius 3 is 2.33 bits per heavy atom. The van der Waals surface area contributed by atoms with Crippen LogP contribution in [0.1, 0.15) is 57.7 Å². The molecule has 1 aliphatic rings. The van der Waals surface area contributed by atoms with E-state index in [9.17, 15) is 37.9 Å². The Morgan fingerprint density at radius 1 is 1.07 bits per heavy atom. The SMILES string of the molecule is CC(C)CC(CC(=O)C(CC(=O)CN)Cc1ccccc1)C(=O)CCC(=O)Nc1ccn(C2O[C@H](CO)C(O)C2(F)F)c(=O)n1. The molecule has 0 radical (unpaired) electrons. The zero-order valence-electron chi connectivity index (χ0n) is 25.2. The Balaban J connectivity index is 1.63. The van der Waals surface area contributed by atoms with E-state index < -0.39 is 54.4 Å². The summed E-state index contributed by atoms with van der Waals surface area (Å²) in [7, 11) is 0. The van der Waals surface area contributed by atoms with E-state index in [2.05, 4.69) is 10.3 Å². The number of nitrogens with one attached hydrogen (secondary N) is 1. The lowest BCUT2D eigenvalue weighted by molar-refractivity contribution is -0.141. The largest absolute Gasteiger partial charge is 0.394 e. The second-order valence-electron chi connectivity index (χ2n) is 11.7. The van der Waals surface area contributed by atoms with Gasteiger partial charge in [0.1, 0.15) is 29.3 Å². The Morgan fingerprint density at radius 2 is 1.76 bits per heavy atom. The number of alkyl halides is 2. The van der Waals surface area contributed by atoms with Crippen LogP contribution >= 0.6 is 0 Å². The van der Waals surface area contributed by atoms with Gasteiger partial charge in [0.2, 0.25) is 12.1 Å². The van der Waals surface area contributed by atoms with Crippen LogP contribution in [0.3, 0.4) is 0 Å². The molecule has 14 heteroatoms. The van der Waals surface area contributed by atoms with Gasteiger partial charge in [-0.1, -0.05) is 44.2 Å². The minimum atomic E-state index is -3.89. The summed E-state index contributed by atoms with van der Waals surface area (Å²) in [6, 6.07) is 10.3. The molecule has 2 heterocycles. The number of aliphatic hydroxyl groups excluding tert-OH is 2. The quantitative estimate of drug-likeness (QED) is 0.200. The zero-order chi connectivity index (χ0) is 33.3. The molecule has 3 rings (SSSR count). The minimum Gasteiger partial charge on any atom is -0.394 e. The summed E-state index contributed by atoms with van der Waals surface area (Å²) in [5, 5.41) is 21.2. The predicted molar refractivity (Wildman–Crippen MR) is 158 cm³/mol. The molecular weight excluding hydrogens is 594 g/mol. The van der Waals surface area contributed by atoms with Crippen LogP contribution < -0.4 is 16.7 Å². The maximum Gasteiger partial charge on any atom is 0.351 e. The number of Topliss-reactive ketones (excluding diaryl/α,β-unsaturated/α-hetero) is 3. The summed E-state index contributed by atoms with van der Waals surface area (Å²) >= 11 is 0. The number of nitrogens with zero attached hydrogens (tertiary/aromatic N) is 2. The third-order valence-corrected chi connectivity index (χ3v) is 7.65. The average molecular weight is 635 g/mol. The topological polar surface area (TPSA) is 191 Å². The Labute approximate surface area is 259 Å². The lowest BCUT2D eigenvalue weighted by Gasteiger charge is -2.21. The van der Waals surface area contributed by atoms with Gasteiger partial charge in [0.15, 0.2) is 6.10 Å². The summed E-state index contributed by atoms with van der Waals surface area (Å²) in [6.07, 6.45) is -5.14. The number of ether oxygens (including phenoxy) is 1. The van der Waals surface area contributed by atoms with Crippen LogP contribution in [0.5, 0.6) is 0 Å². The molecule has 5 atom stereocenters. The number of halogens is 2. The standard InChI is InChI=1S/C31H40F2N4O8/c1-18(2)12-20(15-24(41)21(14-22(39)16-34)13-19-6-4-3-5-7-19)23(40)8-9-27(42)35-26-10-11-37(30(44)36-26)29-31(32,33)28(43)25(17-38)45-29/h3-7,10-11,18,20-21,25,28-29,38,43H,8-9,12-17,34H2,1-2H3,(H,35,36,42,44)/t20?,21?,25-,28?,29?/m1/s1. The molecule has 1 saturated heterocycles. The first kappa shape index (κ1) is 35.8. The number of carbonyl (C=O) groups excluding carboxylic acids is 4. The van der Waals surface area contributed by atoms with Gasteiger partial charge in [0.25, 0.3) is 0 Å². The monoisotopic (exact) mass is 634 g/mol. The molecule has 1 aromatic heterocycles. The van der Waals surface area contributed by atoms with Gasteiger partial charge in [-0.2, -0.15) is 13.8 Å². The van der Waals surface area contributed by atoms with Gasteiger partial charge in [-0.3, -0.25) is 23.7 Å². The normalized spacial score (nSPS) is 20.5. The highest BCUT2D eigenvalue weighted by molar-refractivity contribution is 5.95. The maximum absolute atomic E-state index is 14.4. The molecule has 45 heavy (non-hydrogen) atoms. The lowest BCUT2D eigenvalue weighted by Crippen LogP contribution is -2.41. The van der Waals surface area contributed by atoms with Crippen molar-refractivity contribution in [1.82, 2.24) is 9.55 Å². The smallest absolute Gasteiger partial charge is 0.351 e. The molecule has 4 unspecified atom stereocenters. The van der Waals surface area contributed by atoms with Crippen molar-refractivity contribution >= 4 is 29.1 Å². The van der Waals surface area contributed by atoms with Crippen LogP contribution in [0, 0.1) is 17.8 Å². The first-order valence-electron chi connectivity index (χ1n) is 14.8.